The van der Waals surface area contributed by atoms with E-state index >= 15 is 0 Å². The second-order valence-corrected chi connectivity index (χ2v) is 10.2. The Bertz CT molecular complexity index is 1130. The molecule has 0 aliphatic carbocycles. The monoisotopic (exact) mass is 436 g/mol. The first-order valence-corrected chi connectivity index (χ1v) is 12.0. The van der Waals surface area contributed by atoms with E-state index in [9.17, 15) is 13.2 Å². The van der Waals surface area contributed by atoms with Gasteiger partial charge in [0.25, 0.3) is 5.91 Å². The number of para-hydroxylation sites is 1. The summed E-state index contributed by atoms with van der Waals surface area (Å²) in [6.07, 6.45) is 1.81. The van der Waals surface area contributed by atoms with E-state index in [4.69, 9.17) is 0 Å². The predicted octanol–water partition coefficient (Wildman–Crippen LogP) is 4.40. The molecule has 0 bridgehead atoms. The molecule has 162 valence electrons. The zero-order valence-corrected chi connectivity index (χ0v) is 18.9. The summed E-state index contributed by atoms with van der Waals surface area (Å²) in [7, 11) is -3.61. The van der Waals surface area contributed by atoms with Gasteiger partial charge in [0.15, 0.2) is 0 Å². The third-order valence-corrected chi connectivity index (χ3v) is 6.05. The van der Waals surface area contributed by atoms with Crippen molar-refractivity contribution in [2.45, 2.75) is 32.4 Å². The fourth-order valence-electron chi connectivity index (χ4n) is 3.54. The van der Waals surface area contributed by atoms with Gasteiger partial charge in [-0.15, -0.1) is 0 Å². The van der Waals surface area contributed by atoms with Gasteiger partial charge in [-0.2, -0.15) is 0 Å². The van der Waals surface area contributed by atoms with Gasteiger partial charge in [-0.3, -0.25) is 9.10 Å². The summed E-state index contributed by atoms with van der Waals surface area (Å²) in [5.74, 6) is -0.307. The summed E-state index contributed by atoms with van der Waals surface area (Å²) >= 11 is 0. The van der Waals surface area contributed by atoms with Crippen LogP contribution in [-0.2, 0) is 23.0 Å². The van der Waals surface area contributed by atoms with Crippen molar-refractivity contribution in [1.29, 1.82) is 0 Å². The number of benzene rings is 3. The second-order valence-electron chi connectivity index (χ2n) is 8.27. The van der Waals surface area contributed by atoms with E-state index in [1.165, 1.54) is 4.31 Å². The minimum absolute atomic E-state index is 0.150. The molecule has 3 aromatic rings. The first kappa shape index (κ1) is 22.6. The predicted molar refractivity (Wildman–Crippen MR) is 126 cm³/mol. The van der Waals surface area contributed by atoms with Crippen LogP contribution in [0.2, 0.25) is 0 Å². The van der Waals surface area contributed by atoms with Crippen molar-refractivity contribution in [3.63, 3.8) is 0 Å². The summed E-state index contributed by atoms with van der Waals surface area (Å²) in [6.45, 7) is 4.06. The Kier molecular flexibility index (Phi) is 6.81. The number of hydrogen-bond donors (Lipinski definition) is 1. The number of carbonyl (C=O) groups excluding carboxylic acids is 1. The highest BCUT2D eigenvalue weighted by Crippen LogP contribution is 2.26. The Morgan fingerprint density at radius 2 is 1.35 bits per heavy atom. The maximum absolute atomic E-state index is 13.2. The van der Waals surface area contributed by atoms with Crippen molar-refractivity contribution in [2.75, 3.05) is 10.6 Å². The smallest absolute Gasteiger partial charge is 0.253 e. The lowest BCUT2D eigenvalue weighted by molar-refractivity contribution is 0.0913. The van der Waals surface area contributed by atoms with Crippen LogP contribution < -0.4 is 9.62 Å². The molecule has 0 spiro atoms. The van der Waals surface area contributed by atoms with Crippen molar-refractivity contribution in [3.8, 4) is 0 Å². The van der Waals surface area contributed by atoms with Gasteiger partial charge < -0.3 is 5.32 Å². The first-order valence-electron chi connectivity index (χ1n) is 10.1. The van der Waals surface area contributed by atoms with Crippen LogP contribution in [0.3, 0.4) is 0 Å². The van der Waals surface area contributed by atoms with Gasteiger partial charge in [-0.1, -0.05) is 72.8 Å². The van der Waals surface area contributed by atoms with Gasteiger partial charge in [0.1, 0.15) is 0 Å². The molecule has 0 radical (unpaired) electrons. The molecule has 1 N–H and O–H groups in total. The van der Waals surface area contributed by atoms with Crippen molar-refractivity contribution in [1.82, 2.24) is 5.32 Å². The third kappa shape index (κ3) is 6.18. The minimum atomic E-state index is -3.61. The maximum atomic E-state index is 13.2. The average molecular weight is 437 g/mol. The lowest BCUT2D eigenvalue weighted by Gasteiger charge is -2.29. The topological polar surface area (TPSA) is 66.5 Å². The Morgan fingerprint density at radius 3 is 1.94 bits per heavy atom. The van der Waals surface area contributed by atoms with Crippen molar-refractivity contribution < 1.29 is 13.2 Å². The maximum Gasteiger partial charge on any atom is 0.253 e. The van der Waals surface area contributed by atoms with Crippen LogP contribution in [0.15, 0.2) is 84.9 Å². The van der Waals surface area contributed by atoms with Gasteiger partial charge >= 0.3 is 0 Å². The molecule has 0 heterocycles. The summed E-state index contributed by atoms with van der Waals surface area (Å²) < 4.78 is 26.5. The van der Waals surface area contributed by atoms with Crippen LogP contribution in [0.1, 0.15) is 35.3 Å². The highest BCUT2D eigenvalue weighted by Gasteiger charge is 2.27. The molecule has 0 aliphatic rings. The van der Waals surface area contributed by atoms with Crippen molar-refractivity contribution in [3.05, 3.63) is 102 Å². The van der Waals surface area contributed by atoms with Gasteiger partial charge in [0.2, 0.25) is 10.0 Å². The molecule has 31 heavy (non-hydrogen) atoms. The van der Waals surface area contributed by atoms with E-state index in [1.54, 1.807) is 24.3 Å². The van der Waals surface area contributed by atoms with Crippen molar-refractivity contribution in [2.24, 2.45) is 0 Å². The van der Waals surface area contributed by atoms with Crippen LogP contribution in [0.25, 0.3) is 0 Å². The van der Waals surface area contributed by atoms with Gasteiger partial charge in [0, 0.05) is 5.54 Å². The zero-order chi connectivity index (χ0) is 22.5. The lowest BCUT2D eigenvalue weighted by Crippen LogP contribution is -2.45. The summed E-state index contributed by atoms with van der Waals surface area (Å²) in [5, 5.41) is 3.07. The molecule has 3 aromatic carbocycles. The average Bonchev–Trinajstić information content (AvgIpc) is 2.72. The number of nitrogens with zero attached hydrogens (tertiary/aromatic N) is 1. The molecule has 0 aliphatic heterocycles. The second kappa shape index (κ2) is 9.35. The van der Waals surface area contributed by atoms with Crippen LogP contribution in [-0.4, -0.2) is 26.1 Å². The number of nitrogens with one attached hydrogen (secondary N) is 1. The highest BCUT2D eigenvalue weighted by molar-refractivity contribution is 7.92. The Morgan fingerprint density at radius 1 is 0.839 bits per heavy atom. The Labute approximate surface area is 184 Å². The number of rotatable bonds is 8. The quantitative estimate of drug-likeness (QED) is 0.569. The van der Waals surface area contributed by atoms with E-state index in [2.05, 4.69) is 5.32 Å². The number of anilines is 1. The van der Waals surface area contributed by atoms with E-state index < -0.39 is 15.6 Å². The molecule has 1 amide bonds. The third-order valence-electron chi connectivity index (χ3n) is 4.93. The number of sulfonamides is 1. The van der Waals surface area contributed by atoms with Crippen molar-refractivity contribution >= 4 is 21.6 Å². The van der Waals surface area contributed by atoms with Crippen LogP contribution >= 0.6 is 0 Å². The molecule has 6 heteroatoms. The first-order chi connectivity index (χ1) is 14.7. The molecule has 5 nitrogen and oxygen atoms in total. The fraction of sp³-hybridized carbons (Fsp3) is 0.240. The molecule has 0 saturated carbocycles. The molecule has 0 saturated heterocycles. The van der Waals surface area contributed by atoms with Crippen LogP contribution in [0.5, 0.6) is 0 Å². The number of carbonyl (C=O) groups is 1. The minimum Gasteiger partial charge on any atom is -0.347 e. The Hall–Kier alpha value is -3.12. The van der Waals surface area contributed by atoms with E-state index in [0.29, 0.717) is 17.7 Å². The highest BCUT2D eigenvalue weighted by atomic mass is 32.2. The molecular formula is C25H28N2O3S. The largest absolute Gasteiger partial charge is 0.347 e. The molecule has 3 rings (SSSR count). The van der Waals surface area contributed by atoms with E-state index in [-0.39, 0.29) is 12.5 Å². The molecule has 0 aromatic heterocycles. The van der Waals surface area contributed by atoms with Gasteiger partial charge in [-0.25, -0.2) is 8.42 Å². The van der Waals surface area contributed by atoms with Gasteiger partial charge in [0.05, 0.1) is 24.1 Å². The molecule has 0 atom stereocenters. The summed E-state index contributed by atoms with van der Waals surface area (Å²) in [5.41, 5.74) is 2.13. The fourth-order valence-corrected chi connectivity index (χ4v) is 4.44. The SMILES string of the molecule is CC(C)(Cc1ccccc1)NC(=O)c1ccccc1N(Cc1ccccc1)S(C)(=O)=O. The summed E-state index contributed by atoms with van der Waals surface area (Å²) in [4.78, 5) is 13.2. The molecular weight excluding hydrogens is 408 g/mol. The Balaban J connectivity index is 1.89. The number of amides is 1. The number of hydrogen-bond acceptors (Lipinski definition) is 3. The molecule has 0 unspecified atom stereocenters. The van der Waals surface area contributed by atoms with Crippen LogP contribution in [0.4, 0.5) is 5.69 Å². The summed E-state index contributed by atoms with van der Waals surface area (Å²) in [6, 6.07) is 26.1. The van der Waals surface area contributed by atoms with E-state index in [1.807, 2.05) is 74.5 Å². The molecule has 0 fully saturated rings. The van der Waals surface area contributed by atoms with Crippen LogP contribution in [0, 0.1) is 0 Å². The standard InChI is InChI=1S/C25H28N2O3S/c1-25(2,18-20-12-6-4-7-13-20)26-24(28)22-16-10-11-17-23(22)27(31(3,29)30)19-21-14-8-5-9-15-21/h4-17H,18-19H2,1-3H3,(H,26,28). The zero-order valence-electron chi connectivity index (χ0n) is 18.1. The van der Waals surface area contributed by atoms with Gasteiger partial charge in [-0.05, 0) is 43.5 Å². The lowest BCUT2D eigenvalue weighted by atomic mass is 9.94. The normalized spacial score (nSPS) is 11.7. The van der Waals surface area contributed by atoms with E-state index in [0.717, 1.165) is 17.4 Å².